The van der Waals surface area contributed by atoms with Crippen molar-refractivity contribution in [3.63, 3.8) is 0 Å². The van der Waals surface area contributed by atoms with Gasteiger partial charge in [0, 0.05) is 23.4 Å². The van der Waals surface area contributed by atoms with E-state index in [1.807, 2.05) is 24.3 Å². The van der Waals surface area contributed by atoms with Crippen molar-refractivity contribution in [2.75, 3.05) is 26.7 Å². The highest BCUT2D eigenvalue weighted by molar-refractivity contribution is 5.98. The number of carbonyl (C=O) groups excluding carboxylic acids is 2. The minimum absolute atomic E-state index is 0.00359. The monoisotopic (exact) mass is 546 g/mol. The smallest absolute Gasteiger partial charge is 0.251 e. The fourth-order valence-electron chi connectivity index (χ4n) is 5.65. The second-order valence-corrected chi connectivity index (χ2v) is 11.2. The van der Waals surface area contributed by atoms with Gasteiger partial charge in [-0.2, -0.15) is 0 Å². The van der Waals surface area contributed by atoms with Gasteiger partial charge in [0.2, 0.25) is 0 Å². The third kappa shape index (κ3) is 7.40. The van der Waals surface area contributed by atoms with E-state index in [1.54, 1.807) is 29.2 Å². The van der Waals surface area contributed by atoms with E-state index in [9.17, 15) is 14.0 Å². The number of Topliss-reactive ketones (excluding diaryl/α,β-unsaturated/α-hetero) is 1. The number of unbranched alkanes of at least 4 members (excludes halogenated alkanes) is 2. The molecule has 2 N–H and O–H groups in total. The van der Waals surface area contributed by atoms with Gasteiger partial charge in [-0.05, 0) is 101 Å². The maximum atomic E-state index is 13.5. The number of hydrogen-bond acceptors (Lipinski definition) is 6. The second-order valence-electron chi connectivity index (χ2n) is 11.2. The normalized spacial score (nSPS) is 20.2. The Labute approximate surface area is 235 Å². The fraction of sp³-hybridized carbons (Fsp3) is 0.484. The number of benzene rings is 2. The van der Waals surface area contributed by atoms with E-state index >= 15 is 0 Å². The maximum absolute atomic E-state index is 13.5. The third-order valence-corrected chi connectivity index (χ3v) is 8.25. The Morgan fingerprint density at radius 3 is 2.48 bits per heavy atom. The summed E-state index contributed by atoms with van der Waals surface area (Å²) in [4.78, 5) is 28.9. The molecule has 0 bridgehead atoms. The lowest BCUT2D eigenvalue weighted by atomic mass is 9.87. The van der Waals surface area contributed by atoms with Gasteiger partial charge in [0.15, 0.2) is 5.78 Å². The van der Waals surface area contributed by atoms with E-state index in [4.69, 9.17) is 0 Å². The second kappa shape index (κ2) is 13.3. The lowest BCUT2D eigenvalue weighted by molar-refractivity contribution is -0.126. The number of nitrogens with zero attached hydrogens (tertiary/aromatic N) is 4. The van der Waals surface area contributed by atoms with E-state index in [2.05, 4.69) is 32.9 Å². The van der Waals surface area contributed by atoms with E-state index in [0.29, 0.717) is 23.9 Å². The molecule has 40 heavy (non-hydrogen) atoms. The first-order chi connectivity index (χ1) is 19.5. The average molecular weight is 547 g/mol. The quantitative estimate of drug-likeness (QED) is 0.314. The highest BCUT2D eigenvalue weighted by atomic mass is 19.1. The number of amides is 1. The molecule has 2 fully saturated rings. The molecule has 3 atom stereocenters. The number of halogens is 1. The number of aromatic nitrogens is 3. The minimum atomic E-state index is -0.477. The number of piperidine rings is 1. The molecule has 5 rings (SSSR count). The van der Waals surface area contributed by atoms with Crippen molar-refractivity contribution in [1.29, 1.82) is 0 Å². The van der Waals surface area contributed by atoms with Crippen LogP contribution in [0.1, 0.15) is 66.8 Å². The first-order valence-electron chi connectivity index (χ1n) is 14.5. The zero-order valence-corrected chi connectivity index (χ0v) is 23.1. The standard InChI is InChI=1S/C31H39FN6O2/c1-37-18-14-23(15-19-37)30(39)28(35-31(40)24-8-12-26(13-9-24)38-20-17-34-36-38)5-3-2-4-16-33-29-21-27(29)22-6-10-25(32)11-7-22/h6-13,17,20,23,27-29,33H,2-5,14-16,18-19,21H2,1H3,(H,35,40)/t27-,28-,29+/m0/s1. The summed E-state index contributed by atoms with van der Waals surface area (Å²) in [6.07, 6.45) is 9.65. The molecule has 1 saturated carbocycles. The van der Waals surface area contributed by atoms with Gasteiger partial charge in [0.25, 0.3) is 5.91 Å². The summed E-state index contributed by atoms with van der Waals surface area (Å²) in [5.41, 5.74) is 2.53. The van der Waals surface area contributed by atoms with Crippen LogP contribution in [0.3, 0.4) is 0 Å². The molecular weight excluding hydrogens is 507 g/mol. The van der Waals surface area contributed by atoms with Crippen molar-refractivity contribution in [1.82, 2.24) is 30.5 Å². The molecule has 1 aromatic heterocycles. The molecule has 1 saturated heterocycles. The first-order valence-corrected chi connectivity index (χ1v) is 14.5. The molecule has 1 aliphatic carbocycles. The lowest BCUT2D eigenvalue weighted by Crippen LogP contribution is -2.46. The van der Waals surface area contributed by atoms with Crippen LogP contribution >= 0.6 is 0 Å². The van der Waals surface area contributed by atoms with Gasteiger partial charge < -0.3 is 15.5 Å². The SMILES string of the molecule is CN1CCC(C(=O)[C@H](CCCCCN[C@@H]2C[C@H]2c2ccc(F)cc2)NC(=O)c2ccc(-n3ccnn3)cc2)CC1. The summed E-state index contributed by atoms with van der Waals surface area (Å²) in [5.74, 6) is 0.213. The molecule has 2 aromatic carbocycles. The summed E-state index contributed by atoms with van der Waals surface area (Å²) in [6, 6.07) is 14.0. The fourth-order valence-corrected chi connectivity index (χ4v) is 5.65. The zero-order valence-electron chi connectivity index (χ0n) is 23.1. The molecule has 3 aromatic rings. The van der Waals surface area contributed by atoms with Gasteiger partial charge in [0.05, 0.1) is 24.1 Å². The van der Waals surface area contributed by atoms with Crippen LogP contribution in [-0.4, -0.2) is 70.3 Å². The van der Waals surface area contributed by atoms with Gasteiger partial charge in [-0.1, -0.05) is 30.2 Å². The number of carbonyl (C=O) groups is 2. The summed E-state index contributed by atoms with van der Waals surface area (Å²) in [6.45, 7) is 2.74. The minimum Gasteiger partial charge on any atom is -0.342 e. The largest absolute Gasteiger partial charge is 0.342 e. The van der Waals surface area contributed by atoms with Crippen LogP contribution in [0, 0.1) is 11.7 Å². The Hall–Kier alpha value is -3.43. The van der Waals surface area contributed by atoms with Crippen LogP contribution < -0.4 is 10.6 Å². The average Bonchev–Trinajstić information content (AvgIpc) is 3.53. The molecule has 0 radical (unpaired) electrons. The predicted molar refractivity (Wildman–Crippen MR) is 152 cm³/mol. The maximum Gasteiger partial charge on any atom is 0.251 e. The van der Waals surface area contributed by atoms with Crippen LogP contribution in [0.5, 0.6) is 0 Å². The summed E-state index contributed by atoms with van der Waals surface area (Å²) in [7, 11) is 2.08. The molecule has 8 nitrogen and oxygen atoms in total. The Bertz CT molecular complexity index is 1240. The Morgan fingerprint density at radius 2 is 1.77 bits per heavy atom. The number of hydrogen-bond donors (Lipinski definition) is 2. The zero-order chi connectivity index (χ0) is 27.9. The predicted octanol–water partition coefficient (Wildman–Crippen LogP) is 4.12. The van der Waals surface area contributed by atoms with E-state index in [-0.39, 0.29) is 23.4 Å². The topological polar surface area (TPSA) is 92.2 Å². The highest BCUT2D eigenvalue weighted by Gasteiger charge is 2.37. The Kier molecular flexibility index (Phi) is 9.34. The first kappa shape index (κ1) is 28.1. The highest BCUT2D eigenvalue weighted by Crippen LogP contribution is 2.40. The van der Waals surface area contributed by atoms with E-state index in [0.717, 1.165) is 63.8 Å². The van der Waals surface area contributed by atoms with E-state index < -0.39 is 6.04 Å². The Balaban J connectivity index is 1.10. The molecule has 9 heteroatoms. The van der Waals surface area contributed by atoms with Crippen LogP contribution in [-0.2, 0) is 4.79 Å². The summed E-state index contributed by atoms with van der Waals surface area (Å²) in [5, 5.41) is 14.5. The van der Waals surface area contributed by atoms with Gasteiger partial charge in [-0.3, -0.25) is 9.59 Å². The van der Waals surface area contributed by atoms with Gasteiger partial charge >= 0.3 is 0 Å². The van der Waals surface area contributed by atoms with Crippen molar-refractivity contribution < 1.29 is 14.0 Å². The van der Waals surface area contributed by atoms with Gasteiger partial charge in [-0.15, -0.1) is 5.10 Å². The lowest BCUT2D eigenvalue weighted by Gasteiger charge is -2.30. The van der Waals surface area contributed by atoms with Crippen LogP contribution in [0.2, 0.25) is 0 Å². The Morgan fingerprint density at radius 1 is 1.02 bits per heavy atom. The number of rotatable bonds is 13. The molecular formula is C31H39FN6O2. The van der Waals surface area contributed by atoms with Crippen LogP contribution in [0.4, 0.5) is 4.39 Å². The van der Waals surface area contributed by atoms with Gasteiger partial charge in [-0.25, -0.2) is 9.07 Å². The van der Waals surface area contributed by atoms with Gasteiger partial charge in [0.1, 0.15) is 5.82 Å². The molecule has 0 unspecified atom stereocenters. The molecule has 0 spiro atoms. The van der Waals surface area contributed by atoms with Crippen molar-refractivity contribution in [2.24, 2.45) is 5.92 Å². The number of likely N-dealkylation sites (tertiary alicyclic amines) is 1. The van der Waals surface area contributed by atoms with Crippen molar-refractivity contribution in [3.05, 3.63) is 77.9 Å². The molecule has 2 aliphatic rings. The van der Waals surface area contributed by atoms with Crippen LogP contribution in [0.15, 0.2) is 60.9 Å². The summed E-state index contributed by atoms with van der Waals surface area (Å²) >= 11 is 0. The molecule has 212 valence electrons. The molecule has 1 aliphatic heterocycles. The van der Waals surface area contributed by atoms with Crippen molar-refractivity contribution in [3.8, 4) is 5.69 Å². The molecule has 1 amide bonds. The van der Waals surface area contributed by atoms with Crippen LogP contribution in [0.25, 0.3) is 5.69 Å². The summed E-state index contributed by atoms with van der Waals surface area (Å²) < 4.78 is 14.8. The molecule has 2 heterocycles. The third-order valence-electron chi connectivity index (χ3n) is 8.25. The number of nitrogens with one attached hydrogen (secondary N) is 2. The van der Waals surface area contributed by atoms with Crippen molar-refractivity contribution >= 4 is 11.7 Å². The van der Waals surface area contributed by atoms with E-state index in [1.165, 1.54) is 17.7 Å². The number of ketones is 1. The van der Waals surface area contributed by atoms with Crippen molar-refractivity contribution in [2.45, 2.75) is 62.9 Å².